The molecule has 128 valence electrons. The number of amidine groups is 1. The zero-order chi connectivity index (χ0) is 18.1. The maximum atomic E-state index is 12.7. The average molecular weight is 360 g/mol. The highest BCUT2D eigenvalue weighted by atomic mass is 32.2. The highest BCUT2D eigenvalue weighted by Crippen LogP contribution is 2.19. The van der Waals surface area contributed by atoms with Crippen LogP contribution in [0.25, 0.3) is 17.3 Å². The number of hydrogen-bond acceptors (Lipinski definition) is 5. The van der Waals surface area contributed by atoms with Crippen LogP contribution in [0.2, 0.25) is 0 Å². The number of fused-ring (bicyclic) bond motifs is 1. The van der Waals surface area contributed by atoms with Crippen LogP contribution in [0.4, 0.5) is 5.82 Å². The van der Waals surface area contributed by atoms with Crippen LogP contribution in [-0.4, -0.2) is 21.6 Å². The van der Waals surface area contributed by atoms with Crippen molar-refractivity contribution in [1.29, 1.82) is 0 Å². The maximum absolute atomic E-state index is 12.7. The van der Waals surface area contributed by atoms with Crippen LogP contribution in [0.5, 0.6) is 0 Å². The number of rotatable bonds is 3. The Labute approximate surface area is 154 Å². The second kappa shape index (κ2) is 6.65. The summed E-state index contributed by atoms with van der Waals surface area (Å²) in [6.07, 6.45) is 1.95. The third kappa shape index (κ3) is 2.74. The lowest BCUT2D eigenvalue weighted by Gasteiger charge is -2.18. The van der Waals surface area contributed by atoms with E-state index >= 15 is 0 Å². The monoisotopic (exact) mass is 360 g/mol. The number of benzene rings is 2. The molecule has 0 saturated heterocycles. The van der Waals surface area contributed by atoms with Gasteiger partial charge in [-0.25, -0.2) is 9.79 Å². The van der Waals surface area contributed by atoms with Gasteiger partial charge >= 0.3 is 5.69 Å². The van der Waals surface area contributed by atoms with Gasteiger partial charge in [0.1, 0.15) is 16.7 Å². The Balaban J connectivity index is 2.00. The number of aromatic nitrogens is 2. The highest BCUT2D eigenvalue weighted by Gasteiger charge is 2.18. The molecule has 0 amide bonds. The van der Waals surface area contributed by atoms with Crippen LogP contribution in [0.3, 0.4) is 0 Å². The SMILES string of the molecule is C=c1c2c(nc(=O)n1-c1ccccc1)NC(c1ccccc1)=NC=2SC. The minimum atomic E-state index is -0.373. The zero-order valence-corrected chi connectivity index (χ0v) is 15.0. The van der Waals surface area contributed by atoms with Gasteiger partial charge < -0.3 is 5.32 Å². The number of aliphatic imine (C=N–C) groups is 1. The van der Waals surface area contributed by atoms with Crippen LogP contribution in [0.15, 0.2) is 70.5 Å². The Bertz CT molecular complexity index is 1170. The van der Waals surface area contributed by atoms with Crippen LogP contribution in [0, 0.1) is 0 Å². The molecular formula is C20H16N4OS. The van der Waals surface area contributed by atoms with Crippen molar-refractivity contribution in [2.24, 2.45) is 4.99 Å². The average Bonchev–Trinajstić information content (AvgIpc) is 2.68. The molecule has 1 aliphatic rings. The van der Waals surface area contributed by atoms with Crippen molar-refractivity contribution in [2.75, 3.05) is 11.6 Å². The standard InChI is InChI=1S/C20H16N4OS/c1-13-16-18(23-20(25)24(13)15-11-7-4-8-12-15)21-17(22-19(16)26-2)14-9-5-3-6-10-14/h3-12H,1H2,2H3,(H,21,22,23,25). The first-order valence-electron chi connectivity index (χ1n) is 8.06. The van der Waals surface area contributed by atoms with Crippen molar-refractivity contribution in [1.82, 2.24) is 9.55 Å². The fraction of sp³-hybridized carbons (Fsp3) is 0.0500. The van der Waals surface area contributed by atoms with E-state index in [1.165, 1.54) is 16.3 Å². The molecule has 1 aromatic heterocycles. The van der Waals surface area contributed by atoms with Gasteiger partial charge in [-0.15, -0.1) is 11.8 Å². The van der Waals surface area contributed by atoms with Gasteiger partial charge in [0.25, 0.3) is 0 Å². The summed E-state index contributed by atoms with van der Waals surface area (Å²) in [5.74, 6) is 1.16. The molecule has 6 heteroatoms. The van der Waals surface area contributed by atoms with Gasteiger partial charge in [-0.2, -0.15) is 4.98 Å². The first kappa shape index (κ1) is 16.4. The molecule has 3 aromatic rings. The molecule has 0 unspecified atom stereocenters. The summed E-state index contributed by atoms with van der Waals surface area (Å²) >= 11 is 1.50. The molecule has 5 nitrogen and oxygen atoms in total. The summed E-state index contributed by atoms with van der Waals surface area (Å²) in [6.45, 7) is 4.15. The Morgan fingerprint density at radius 3 is 2.35 bits per heavy atom. The van der Waals surface area contributed by atoms with E-state index in [0.29, 0.717) is 17.0 Å². The van der Waals surface area contributed by atoms with Gasteiger partial charge in [0, 0.05) is 5.56 Å². The third-order valence-electron chi connectivity index (χ3n) is 4.11. The Morgan fingerprint density at radius 2 is 1.69 bits per heavy atom. The van der Waals surface area contributed by atoms with Crippen molar-refractivity contribution in [2.45, 2.75) is 0 Å². The Kier molecular flexibility index (Phi) is 4.18. The number of nitrogens with one attached hydrogen (secondary N) is 1. The summed E-state index contributed by atoms with van der Waals surface area (Å²) < 4.78 is 1.51. The first-order chi connectivity index (χ1) is 12.7. The molecule has 26 heavy (non-hydrogen) atoms. The molecule has 0 radical (unpaired) electrons. The maximum Gasteiger partial charge on any atom is 0.354 e. The van der Waals surface area contributed by atoms with E-state index in [-0.39, 0.29) is 5.69 Å². The van der Waals surface area contributed by atoms with Gasteiger partial charge in [0.15, 0.2) is 0 Å². The first-order valence-corrected chi connectivity index (χ1v) is 9.28. The molecule has 0 atom stereocenters. The van der Waals surface area contributed by atoms with Gasteiger partial charge in [0.05, 0.1) is 16.3 Å². The molecule has 4 rings (SSSR count). The van der Waals surface area contributed by atoms with Crippen LogP contribution >= 0.6 is 11.8 Å². The van der Waals surface area contributed by atoms with Gasteiger partial charge in [-0.3, -0.25) is 4.57 Å². The lowest BCUT2D eigenvalue weighted by molar-refractivity contribution is 0.874. The van der Waals surface area contributed by atoms with Crippen LogP contribution in [0.1, 0.15) is 5.56 Å². The van der Waals surface area contributed by atoms with E-state index in [2.05, 4.69) is 16.9 Å². The molecule has 0 saturated carbocycles. The summed E-state index contributed by atoms with van der Waals surface area (Å²) in [6, 6.07) is 19.1. The van der Waals surface area contributed by atoms with Gasteiger partial charge in [-0.05, 0) is 18.4 Å². The minimum Gasteiger partial charge on any atom is -0.324 e. The van der Waals surface area contributed by atoms with Crippen molar-refractivity contribution in [3.63, 3.8) is 0 Å². The smallest absolute Gasteiger partial charge is 0.324 e. The van der Waals surface area contributed by atoms with Crippen LogP contribution in [-0.2, 0) is 0 Å². The number of anilines is 1. The number of para-hydroxylation sites is 1. The van der Waals surface area contributed by atoms with E-state index in [1.807, 2.05) is 66.9 Å². The topological polar surface area (TPSA) is 59.3 Å². The number of nitrogens with zero attached hydrogens (tertiary/aromatic N) is 3. The summed E-state index contributed by atoms with van der Waals surface area (Å²) in [5, 5.41) is 5.29. The van der Waals surface area contributed by atoms with E-state index in [1.54, 1.807) is 0 Å². The van der Waals surface area contributed by atoms with Crippen molar-refractivity contribution >= 4 is 35.0 Å². The minimum absolute atomic E-state index is 0.373. The quantitative estimate of drug-likeness (QED) is 0.776. The van der Waals surface area contributed by atoms with Gasteiger partial charge in [0.2, 0.25) is 0 Å². The van der Waals surface area contributed by atoms with E-state index in [9.17, 15) is 4.79 Å². The predicted octanol–water partition coefficient (Wildman–Crippen LogP) is 1.94. The largest absolute Gasteiger partial charge is 0.354 e. The van der Waals surface area contributed by atoms with Crippen molar-refractivity contribution < 1.29 is 0 Å². The number of thioether (sulfide) groups is 1. The second-order valence-corrected chi connectivity index (χ2v) is 6.49. The normalized spacial score (nSPS) is 13.0. The fourth-order valence-electron chi connectivity index (χ4n) is 2.90. The fourth-order valence-corrected chi connectivity index (χ4v) is 3.50. The molecule has 0 fully saturated rings. The lowest BCUT2D eigenvalue weighted by atomic mass is 10.2. The van der Waals surface area contributed by atoms with Crippen molar-refractivity contribution in [3.05, 3.63) is 87.3 Å². The third-order valence-corrected chi connectivity index (χ3v) is 4.80. The lowest BCUT2D eigenvalue weighted by Crippen LogP contribution is -2.47. The molecule has 2 heterocycles. The van der Waals surface area contributed by atoms with Crippen molar-refractivity contribution in [3.8, 4) is 5.69 Å². The molecule has 0 aliphatic carbocycles. The summed E-state index contributed by atoms with van der Waals surface area (Å²) in [7, 11) is 0. The number of hydrogen-bond donors (Lipinski definition) is 1. The molecule has 2 aromatic carbocycles. The van der Waals surface area contributed by atoms with Gasteiger partial charge in [-0.1, -0.05) is 55.1 Å². The van der Waals surface area contributed by atoms with E-state index < -0.39 is 0 Å². The highest BCUT2D eigenvalue weighted by molar-refractivity contribution is 8.07. The molecule has 1 aliphatic heterocycles. The predicted molar refractivity (Wildman–Crippen MR) is 108 cm³/mol. The Hall–Kier alpha value is -3.12. The molecule has 0 bridgehead atoms. The summed E-state index contributed by atoms with van der Waals surface area (Å²) in [5.41, 5.74) is 1.29. The summed E-state index contributed by atoms with van der Waals surface area (Å²) in [4.78, 5) is 21.7. The molecule has 0 spiro atoms. The molecular weight excluding hydrogens is 344 g/mol. The van der Waals surface area contributed by atoms with Crippen LogP contribution < -0.4 is 21.6 Å². The van der Waals surface area contributed by atoms with E-state index in [4.69, 9.17) is 4.99 Å². The second-order valence-electron chi connectivity index (χ2n) is 5.70. The Morgan fingerprint density at radius 1 is 1.04 bits per heavy atom. The molecule has 1 N–H and O–H groups in total. The van der Waals surface area contributed by atoms with E-state index in [0.717, 1.165) is 21.5 Å². The zero-order valence-electron chi connectivity index (χ0n) is 14.1.